The lowest BCUT2D eigenvalue weighted by atomic mass is 10.3. The Bertz CT molecular complexity index is 513. The Balaban J connectivity index is 2.95. The van der Waals surface area contributed by atoms with Gasteiger partial charge in [0.2, 0.25) is 0 Å². The van der Waals surface area contributed by atoms with E-state index in [0.29, 0.717) is 11.3 Å². The Morgan fingerprint density at radius 1 is 1.22 bits per heavy atom. The van der Waals surface area contributed by atoms with E-state index in [1.807, 2.05) is 0 Å². The molecule has 1 aromatic rings. The summed E-state index contributed by atoms with van der Waals surface area (Å²) in [5, 5.41) is 23.0. The number of hydrogen-bond donors (Lipinski definition) is 4. The van der Waals surface area contributed by atoms with E-state index < -0.39 is 11.2 Å². The smallest absolute Gasteiger partial charge is 0.326 e. The lowest BCUT2D eigenvalue weighted by molar-refractivity contribution is 0.166. The summed E-state index contributed by atoms with van der Waals surface area (Å²) in [7, 11) is 0. The molecule has 0 unspecified atom stereocenters. The van der Waals surface area contributed by atoms with Crippen LogP contribution in [0.2, 0.25) is 0 Å². The number of aliphatic hydroxyl groups is 2. The Labute approximate surface area is 103 Å². The lowest BCUT2D eigenvalue weighted by Crippen LogP contribution is -2.28. The fraction of sp³-hybridized carbons (Fsp3) is 0.500. The van der Waals surface area contributed by atoms with Crippen molar-refractivity contribution in [2.24, 2.45) is 5.10 Å². The van der Waals surface area contributed by atoms with Crippen molar-refractivity contribution in [1.29, 1.82) is 0 Å². The van der Waals surface area contributed by atoms with E-state index in [2.05, 4.69) is 15.1 Å². The van der Waals surface area contributed by atoms with Gasteiger partial charge < -0.3 is 15.2 Å². The first-order valence-electron chi connectivity index (χ1n) is 5.42. The molecule has 0 bridgehead atoms. The minimum atomic E-state index is -0.608. The van der Waals surface area contributed by atoms with Crippen molar-refractivity contribution >= 4 is 6.21 Å². The van der Waals surface area contributed by atoms with Crippen LogP contribution < -0.4 is 11.2 Å². The van der Waals surface area contributed by atoms with Crippen molar-refractivity contribution in [2.45, 2.75) is 6.92 Å². The third kappa shape index (κ3) is 3.82. The van der Waals surface area contributed by atoms with E-state index in [0.717, 1.165) is 0 Å². The van der Waals surface area contributed by atoms with Crippen LogP contribution >= 0.6 is 0 Å². The fourth-order valence-corrected chi connectivity index (χ4v) is 1.29. The summed E-state index contributed by atoms with van der Waals surface area (Å²) in [6.45, 7) is 1.84. The first kappa shape index (κ1) is 14.1. The molecule has 0 amide bonds. The van der Waals surface area contributed by atoms with Gasteiger partial charge in [-0.05, 0) is 6.92 Å². The van der Waals surface area contributed by atoms with Gasteiger partial charge in [-0.2, -0.15) is 5.10 Å². The highest BCUT2D eigenvalue weighted by Gasteiger charge is 2.03. The number of nitrogens with one attached hydrogen (secondary N) is 2. The standard InChI is InChI=1S/C10H16N4O4/c1-7-8(12-10(18)13-9(7)17)6-11-14(2-4-15)3-5-16/h6,15-16H,2-5H2,1H3,(H2,12,13,17,18). The second-order valence-corrected chi connectivity index (χ2v) is 3.59. The number of nitrogens with zero attached hydrogens (tertiary/aromatic N) is 2. The summed E-state index contributed by atoms with van der Waals surface area (Å²) >= 11 is 0. The highest BCUT2D eigenvalue weighted by atomic mass is 16.3. The summed E-state index contributed by atoms with van der Waals surface area (Å²) in [6.07, 6.45) is 1.32. The van der Waals surface area contributed by atoms with E-state index in [-0.39, 0.29) is 26.3 Å². The van der Waals surface area contributed by atoms with Crippen LogP contribution in [-0.2, 0) is 0 Å². The zero-order valence-corrected chi connectivity index (χ0v) is 10.0. The summed E-state index contributed by atoms with van der Waals surface area (Å²) < 4.78 is 0. The number of rotatable bonds is 6. The summed E-state index contributed by atoms with van der Waals surface area (Å²) in [5.41, 5.74) is -0.449. The predicted octanol–water partition coefficient (Wildman–Crippen LogP) is -2.01. The molecule has 18 heavy (non-hydrogen) atoms. The highest BCUT2D eigenvalue weighted by Crippen LogP contribution is 1.93. The number of aromatic nitrogens is 2. The Kier molecular flexibility index (Phi) is 5.28. The minimum Gasteiger partial charge on any atom is -0.394 e. The molecule has 0 saturated heterocycles. The van der Waals surface area contributed by atoms with Crippen molar-refractivity contribution in [3.8, 4) is 0 Å². The number of aliphatic hydroxyl groups excluding tert-OH is 2. The van der Waals surface area contributed by atoms with E-state index in [1.54, 1.807) is 6.92 Å². The molecule has 8 nitrogen and oxygen atoms in total. The SMILES string of the molecule is Cc1c(C=NN(CCO)CCO)[nH]c(=O)[nH]c1=O. The first-order valence-corrected chi connectivity index (χ1v) is 5.42. The van der Waals surface area contributed by atoms with Crippen molar-refractivity contribution in [2.75, 3.05) is 26.3 Å². The maximum Gasteiger partial charge on any atom is 0.326 e. The zero-order chi connectivity index (χ0) is 13.5. The zero-order valence-electron chi connectivity index (χ0n) is 10.0. The molecule has 0 saturated carbocycles. The molecule has 0 aliphatic rings. The molecule has 4 N–H and O–H groups in total. The highest BCUT2D eigenvalue weighted by molar-refractivity contribution is 5.78. The number of H-pyrrole nitrogens is 2. The van der Waals surface area contributed by atoms with Gasteiger partial charge >= 0.3 is 5.69 Å². The molecular weight excluding hydrogens is 240 g/mol. The molecule has 0 fully saturated rings. The van der Waals surface area contributed by atoms with Crippen molar-refractivity contribution in [1.82, 2.24) is 15.0 Å². The van der Waals surface area contributed by atoms with Crippen LogP contribution in [0.3, 0.4) is 0 Å². The molecule has 0 aromatic carbocycles. The van der Waals surface area contributed by atoms with E-state index >= 15 is 0 Å². The average molecular weight is 256 g/mol. The largest absolute Gasteiger partial charge is 0.394 e. The molecule has 0 aliphatic carbocycles. The summed E-state index contributed by atoms with van der Waals surface area (Å²) in [4.78, 5) is 27.0. The quantitative estimate of drug-likeness (QED) is 0.346. The van der Waals surface area contributed by atoms with Crippen LogP contribution in [0.15, 0.2) is 14.7 Å². The van der Waals surface area contributed by atoms with Gasteiger partial charge in [0.25, 0.3) is 5.56 Å². The molecule has 1 rings (SSSR count). The monoisotopic (exact) mass is 256 g/mol. The molecule has 8 heteroatoms. The van der Waals surface area contributed by atoms with Crippen LogP contribution in [0, 0.1) is 6.92 Å². The summed E-state index contributed by atoms with van der Waals surface area (Å²) in [6, 6.07) is 0. The predicted molar refractivity (Wildman–Crippen MR) is 65.8 cm³/mol. The van der Waals surface area contributed by atoms with Gasteiger partial charge in [-0.3, -0.25) is 14.8 Å². The molecule has 0 atom stereocenters. The van der Waals surface area contributed by atoms with Crippen LogP contribution in [0.5, 0.6) is 0 Å². The number of aromatic amines is 2. The molecule has 0 spiro atoms. The van der Waals surface area contributed by atoms with Gasteiger partial charge in [0.15, 0.2) is 0 Å². The molecule has 1 aromatic heterocycles. The van der Waals surface area contributed by atoms with Gasteiger partial charge in [0.1, 0.15) is 0 Å². The number of hydrazone groups is 1. The Morgan fingerprint density at radius 3 is 2.39 bits per heavy atom. The van der Waals surface area contributed by atoms with Crippen LogP contribution in [0.1, 0.15) is 11.3 Å². The topological polar surface area (TPSA) is 122 Å². The molecule has 0 radical (unpaired) electrons. The first-order chi connectivity index (χ1) is 8.58. The van der Waals surface area contributed by atoms with E-state index in [9.17, 15) is 9.59 Å². The Hall–Kier alpha value is -1.93. The average Bonchev–Trinajstić information content (AvgIpc) is 2.32. The third-order valence-corrected chi connectivity index (χ3v) is 2.29. The van der Waals surface area contributed by atoms with Gasteiger partial charge in [-0.25, -0.2) is 4.79 Å². The maximum atomic E-state index is 11.3. The Morgan fingerprint density at radius 2 is 1.83 bits per heavy atom. The lowest BCUT2D eigenvalue weighted by Gasteiger charge is -2.15. The van der Waals surface area contributed by atoms with Crippen LogP contribution in [-0.4, -0.2) is 57.7 Å². The summed E-state index contributed by atoms with van der Waals surface area (Å²) in [5.74, 6) is 0. The molecule has 0 aliphatic heterocycles. The van der Waals surface area contributed by atoms with Crippen LogP contribution in [0.4, 0.5) is 0 Å². The molecule has 100 valence electrons. The van der Waals surface area contributed by atoms with E-state index in [1.165, 1.54) is 11.2 Å². The van der Waals surface area contributed by atoms with Gasteiger partial charge in [-0.15, -0.1) is 0 Å². The maximum absolute atomic E-state index is 11.3. The molecular formula is C10H16N4O4. The van der Waals surface area contributed by atoms with Crippen molar-refractivity contribution in [3.05, 3.63) is 32.1 Å². The van der Waals surface area contributed by atoms with Gasteiger partial charge in [0, 0.05) is 5.56 Å². The van der Waals surface area contributed by atoms with Crippen LogP contribution in [0.25, 0.3) is 0 Å². The van der Waals surface area contributed by atoms with Crippen molar-refractivity contribution < 1.29 is 10.2 Å². The number of hydrogen-bond acceptors (Lipinski definition) is 6. The normalized spacial score (nSPS) is 11.1. The van der Waals surface area contributed by atoms with Gasteiger partial charge in [-0.1, -0.05) is 0 Å². The van der Waals surface area contributed by atoms with Gasteiger partial charge in [0.05, 0.1) is 38.2 Å². The second-order valence-electron chi connectivity index (χ2n) is 3.59. The fourth-order valence-electron chi connectivity index (χ4n) is 1.29. The van der Waals surface area contributed by atoms with E-state index in [4.69, 9.17) is 10.2 Å². The van der Waals surface area contributed by atoms with Crippen molar-refractivity contribution in [3.63, 3.8) is 0 Å². The second kappa shape index (κ2) is 6.72. The minimum absolute atomic E-state index is 0.109. The third-order valence-electron chi connectivity index (χ3n) is 2.29. The molecule has 1 heterocycles.